The first kappa shape index (κ1) is 23.1. The SMILES string of the molecule is CN(C)C(=O)CNC(=NCc1cccc(F)c1)NC1CCc2ccccc2C1.I. The van der Waals surface area contributed by atoms with Crippen LogP contribution < -0.4 is 10.6 Å². The van der Waals surface area contributed by atoms with Gasteiger partial charge in [-0.3, -0.25) is 4.79 Å². The number of rotatable bonds is 5. The summed E-state index contributed by atoms with van der Waals surface area (Å²) in [6.45, 7) is 0.498. The fraction of sp³-hybridized carbons (Fsp3) is 0.364. The summed E-state index contributed by atoms with van der Waals surface area (Å²) in [5.74, 6) is 0.264. The first-order valence-corrected chi connectivity index (χ1v) is 9.57. The zero-order valence-corrected chi connectivity index (χ0v) is 19.2. The van der Waals surface area contributed by atoms with Crippen molar-refractivity contribution in [2.45, 2.75) is 31.8 Å². The molecule has 29 heavy (non-hydrogen) atoms. The van der Waals surface area contributed by atoms with E-state index in [1.54, 1.807) is 20.2 Å². The fourth-order valence-corrected chi connectivity index (χ4v) is 3.29. The molecule has 0 aliphatic heterocycles. The van der Waals surface area contributed by atoms with Gasteiger partial charge < -0.3 is 15.5 Å². The third kappa shape index (κ3) is 6.99. The molecule has 156 valence electrons. The largest absolute Gasteiger partial charge is 0.353 e. The molecule has 1 aliphatic carbocycles. The zero-order chi connectivity index (χ0) is 19.9. The molecule has 0 aromatic heterocycles. The third-order valence-electron chi connectivity index (χ3n) is 4.90. The number of nitrogens with one attached hydrogen (secondary N) is 2. The van der Waals surface area contributed by atoms with E-state index in [4.69, 9.17) is 0 Å². The van der Waals surface area contributed by atoms with Crippen molar-refractivity contribution in [2.75, 3.05) is 20.6 Å². The maximum Gasteiger partial charge on any atom is 0.241 e. The number of likely N-dealkylation sites (N-methyl/N-ethyl adjacent to an activating group) is 1. The van der Waals surface area contributed by atoms with Gasteiger partial charge in [0.2, 0.25) is 5.91 Å². The highest BCUT2D eigenvalue weighted by molar-refractivity contribution is 14.0. The van der Waals surface area contributed by atoms with Crippen LogP contribution in [0.4, 0.5) is 4.39 Å². The highest BCUT2D eigenvalue weighted by Crippen LogP contribution is 2.21. The molecule has 1 aliphatic rings. The first-order chi connectivity index (χ1) is 13.5. The van der Waals surface area contributed by atoms with Crippen LogP contribution in [0.2, 0.25) is 0 Å². The number of halogens is 2. The van der Waals surface area contributed by atoms with E-state index in [2.05, 4.69) is 39.9 Å². The number of aliphatic imine (C=N–C) groups is 1. The minimum absolute atomic E-state index is 0. The molecular weight excluding hydrogens is 482 g/mol. The van der Waals surface area contributed by atoms with Crippen molar-refractivity contribution in [2.24, 2.45) is 4.99 Å². The van der Waals surface area contributed by atoms with Gasteiger partial charge >= 0.3 is 0 Å². The molecule has 7 heteroatoms. The highest BCUT2D eigenvalue weighted by Gasteiger charge is 2.19. The number of aryl methyl sites for hydroxylation is 1. The maximum atomic E-state index is 13.4. The molecule has 1 unspecified atom stereocenters. The summed E-state index contributed by atoms with van der Waals surface area (Å²) in [7, 11) is 3.44. The average Bonchev–Trinajstić information content (AvgIpc) is 2.69. The fourth-order valence-electron chi connectivity index (χ4n) is 3.29. The quantitative estimate of drug-likeness (QED) is 0.370. The number of guanidine groups is 1. The smallest absolute Gasteiger partial charge is 0.241 e. The molecule has 0 saturated heterocycles. The molecule has 0 fully saturated rings. The predicted octanol–water partition coefficient (Wildman–Crippen LogP) is 3.12. The van der Waals surface area contributed by atoms with Crippen molar-refractivity contribution >= 4 is 35.8 Å². The molecule has 1 atom stereocenters. The van der Waals surface area contributed by atoms with Crippen LogP contribution in [0.3, 0.4) is 0 Å². The van der Waals surface area contributed by atoms with Gasteiger partial charge in [0.15, 0.2) is 5.96 Å². The second kappa shape index (κ2) is 11.1. The van der Waals surface area contributed by atoms with E-state index in [9.17, 15) is 9.18 Å². The van der Waals surface area contributed by atoms with Crippen LogP contribution in [0.1, 0.15) is 23.1 Å². The number of benzene rings is 2. The first-order valence-electron chi connectivity index (χ1n) is 9.57. The van der Waals surface area contributed by atoms with Gasteiger partial charge in [0.1, 0.15) is 5.82 Å². The van der Waals surface area contributed by atoms with Gasteiger partial charge in [0, 0.05) is 20.1 Å². The number of carbonyl (C=O) groups excluding carboxylic acids is 1. The molecule has 0 spiro atoms. The summed E-state index contributed by atoms with van der Waals surface area (Å²) in [5, 5.41) is 6.56. The summed E-state index contributed by atoms with van der Waals surface area (Å²) in [5.41, 5.74) is 3.53. The molecule has 3 rings (SSSR count). The lowest BCUT2D eigenvalue weighted by molar-refractivity contribution is -0.127. The minimum Gasteiger partial charge on any atom is -0.353 e. The summed E-state index contributed by atoms with van der Waals surface area (Å²) in [4.78, 5) is 18.1. The van der Waals surface area contributed by atoms with E-state index in [1.165, 1.54) is 28.2 Å². The molecule has 0 radical (unpaired) electrons. The molecule has 0 heterocycles. The molecule has 0 bridgehead atoms. The Kier molecular flexibility index (Phi) is 8.88. The van der Waals surface area contributed by atoms with Crippen molar-refractivity contribution in [1.82, 2.24) is 15.5 Å². The van der Waals surface area contributed by atoms with E-state index in [-0.39, 0.29) is 48.3 Å². The van der Waals surface area contributed by atoms with Gasteiger partial charge in [-0.2, -0.15) is 0 Å². The second-order valence-corrected chi connectivity index (χ2v) is 7.29. The number of hydrogen-bond acceptors (Lipinski definition) is 2. The standard InChI is InChI=1S/C22H27FN4O.HI/c1-27(2)21(28)15-25-22(24-14-16-6-5-9-19(23)12-16)26-20-11-10-17-7-3-4-8-18(17)13-20;/h3-9,12,20H,10-11,13-15H2,1-2H3,(H2,24,25,26);1H. The molecule has 2 aromatic rings. The Balaban J connectivity index is 0.00000300. The number of fused-ring (bicyclic) bond motifs is 1. The van der Waals surface area contributed by atoms with Gasteiger partial charge in [0.05, 0.1) is 13.1 Å². The summed E-state index contributed by atoms with van der Waals surface area (Å²) in [6.07, 6.45) is 2.93. The van der Waals surface area contributed by atoms with Crippen LogP contribution in [0, 0.1) is 5.82 Å². The van der Waals surface area contributed by atoms with Crippen LogP contribution in [0.25, 0.3) is 0 Å². The Morgan fingerprint density at radius 2 is 1.93 bits per heavy atom. The van der Waals surface area contributed by atoms with Crippen molar-refractivity contribution in [3.8, 4) is 0 Å². The highest BCUT2D eigenvalue weighted by atomic mass is 127. The zero-order valence-electron chi connectivity index (χ0n) is 16.8. The third-order valence-corrected chi connectivity index (χ3v) is 4.90. The van der Waals surface area contributed by atoms with E-state index in [1.807, 2.05) is 6.07 Å². The molecule has 5 nitrogen and oxygen atoms in total. The van der Waals surface area contributed by atoms with Gasteiger partial charge in [-0.25, -0.2) is 9.38 Å². The summed E-state index contributed by atoms with van der Waals surface area (Å²) in [6, 6.07) is 15.1. The van der Waals surface area contributed by atoms with E-state index >= 15 is 0 Å². The maximum absolute atomic E-state index is 13.4. The van der Waals surface area contributed by atoms with Crippen LogP contribution in [-0.4, -0.2) is 43.4 Å². The molecule has 1 amide bonds. The van der Waals surface area contributed by atoms with Crippen LogP contribution >= 0.6 is 24.0 Å². The van der Waals surface area contributed by atoms with E-state index in [0.717, 1.165) is 24.8 Å². The number of carbonyl (C=O) groups is 1. The predicted molar refractivity (Wildman–Crippen MR) is 125 cm³/mol. The van der Waals surface area contributed by atoms with Gasteiger partial charge in [-0.05, 0) is 48.1 Å². The van der Waals surface area contributed by atoms with Crippen molar-refractivity contribution < 1.29 is 9.18 Å². The topological polar surface area (TPSA) is 56.7 Å². The number of nitrogens with zero attached hydrogens (tertiary/aromatic N) is 2. The molecule has 2 N–H and O–H groups in total. The van der Waals surface area contributed by atoms with Crippen molar-refractivity contribution in [3.63, 3.8) is 0 Å². The molecule has 0 saturated carbocycles. The lowest BCUT2D eigenvalue weighted by Gasteiger charge is -2.27. The summed E-state index contributed by atoms with van der Waals surface area (Å²) < 4.78 is 13.4. The lowest BCUT2D eigenvalue weighted by Crippen LogP contribution is -2.48. The van der Waals surface area contributed by atoms with Gasteiger partial charge in [-0.15, -0.1) is 24.0 Å². The Bertz CT molecular complexity index is 856. The molecule has 2 aromatic carbocycles. The second-order valence-electron chi connectivity index (χ2n) is 7.29. The molecular formula is C22H28FIN4O. The van der Waals surface area contributed by atoms with Crippen molar-refractivity contribution in [3.05, 3.63) is 71.0 Å². The Morgan fingerprint density at radius 1 is 1.17 bits per heavy atom. The Hall–Kier alpha value is -2.16. The average molecular weight is 510 g/mol. The number of hydrogen-bond donors (Lipinski definition) is 2. The minimum atomic E-state index is -0.276. The number of amides is 1. The Labute approximate surface area is 188 Å². The van der Waals surface area contributed by atoms with Gasteiger partial charge in [-0.1, -0.05) is 36.4 Å². The monoisotopic (exact) mass is 510 g/mol. The normalized spacial score (nSPS) is 15.7. The van der Waals surface area contributed by atoms with Crippen LogP contribution in [0.5, 0.6) is 0 Å². The Morgan fingerprint density at radius 3 is 2.66 bits per heavy atom. The lowest BCUT2D eigenvalue weighted by atomic mass is 9.88. The van der Waals surface area contributed by atoms with Crippen LogP contribution in [-0.2, 0) is 24.2 Å². The van der Waals surface area contributed by atoms with Crippen molar-refractivity contribution in [1.29, 1.82) is 0 Å². The van der Waals surface area contributed by atoms with E-state index in [0.29, 0.717) is 12.5 Å². The van der Waals surface area contributed by atoms with Crippen LogP contribution in [0.15, 0.2) is 53.5 Å². The summed E-state index contributed by atoms with van der Waals surface area (Å²) >= 11 is 0. The van der Waals surface area contributed by atoms with E-state index < -0.39 is 0 Å². The van der Waals surface area contributed by atoms with Gasteiger partial charge in [0.25, 0.3) is 0 Å².